The summed E-state index contributed by atoms with van der Waals surface area (Å²) in [7, 11) is 0. The number of nitrogens with one attached hydrogen (secondary N) is 1. The fourth-order valence-electron chi connectivity index (χ4n) is 3.38. The number of imide groups is 1. The van der Waals surface area contributed by atoms with Crippen molar-refractivity contribution in [3.63, 3.8) is 0 Å². The van der Waals surface area contributed by atoms with E-state index in [1.807, 2.05) is 18.2 Å². The van der Waals surface area contributed by atoms with E-state index in [2.05, 4.69) is 17.2 Å². The summed E-state index contributed by atoms with van der Waals surface area (Å²) in [6.45, 7) is 6.18. The fraction of sp³-hybridized carbons (Fsp3) is 0.350. The van der Waals surface area contributed by atoms with Crippen LogP contribution in [0, 0.1) is 0 Å². The van der Waals surface area contributed by atoms with Gasteiger partial charge in [0.2, 0.25) is 5.88 Å². The summed E-state index contributed by atoms with van der Waals surface area (Å²) >= 11 is 0. The Balaban J connectivity index is 1.58. The number of anilines is 1. The second-order valence-electron chi connectivity index (χ2n) is 7.36. The van der Waals surface area contributed by atoms with Crippen molar-refractivity contribution in [3.05, 3.63) is 42.1 Å². The van der Waals surface area contributed by atoms with Gasteiger partial charge in [-0.2, -0.15) is 0 Å². The zero-order valence-electron chi connectivity index (χ0n) is 15.5. The number of carbonyl (C=O) groups excluding carboxylic acids is 2. The molecule has 3 heterocycles. The average molecular weight is 367 g/mol. The number of aromatic nitrogens is 1. The third-order valence-corrected chi connectivity index (χ3v) is 4.88. The summed E-state index contributed by atoms with van der Waals surface area (Å²) in [4.78, 5) is 29.8. The third kappa shape index (κ3) is 2.99. The molecule has 3 amide bonds. The molecule has 27 heavy (non-hydrogen) atoms. The maximum absolute atomic E-state index is 12.4. The lowest BCUT2D eigenvalue weighted by Crippen LogP contribution is -2.40. The number of fused-ring (bicyclic) bond motifs is 1. The first-order valence-electron chi connectivity index (χ1n) is 8.93. The van der Waals surface area contributed by atoms with Crippen LogP contribution in [0.5, 0.6) is 17.4 Å². The van der Waals surface area contributed by atoms with Gasteiger partial charge in [-0.25, -0.2) is 14.7 Å². The Kier molecular flexibility index (Phi) is 4.02. The van der Waals surface area contributed by atoms with Crippen molar-refractivity contribution in [3.8, 4) is 17.4 Å². The normalized spacial score (nSPS) is 20.7. The molecule has 1 atom stereocenters. The molecule has 2 aromatic rings. The molecule has 4 rings (SSSR count). The molecule has 1 aromatic heterocycles. The molecule has 0 spiro atoms. The molecular formula is C20H21N3O4. The minimum atomic E-state index is -0.925. The zero-order valence-corrected chi connectivity index (χ0v) is 15.5. The van der Waals surface area contributed by atoms with Crippen molar-refractivity contribution in [2.45, 2.75) is 38.6 Å². The van der Waals surface area contributed by atoms with Crippen molar-refractivity contribution >= 4 is 17.6 Å². The van der Waals surface area contributed by atoms with E-state index in [9.17, 15) is 9.59 Å². The number of ether oxygens (including phenoxy) is 2. The first-order valence-corrected chi connectivity index (χ1v) is 8.93. The largest absolute Gasteiger partial charge is 0.493 e. The lowest BCUT2D eigenvalue weighted by molar-refractivity contribution is -0.121. The SMILES string of the molecule is CC1CCOc2cccc(Oc3ccc(N4C(=O)NC(C)(C)C4=O)cn3)c21. The molecule has 1 aromatic carbocycles. The first kappa shape index (κ1) is 17.3. The molecule has 1 unspecified atom stereocenters. The topological polar surface area (TPSA) is 80.8 Å². The van der Waals surface area contributed by atoms with Gasteiger partial charge in [-0.1, -0.05) is 13.0 Å². The minimum Gasteiger partial charge on any atom is -0.493 e. The van der Waals surface area contributed by atoms with Gasteiger partial charge in [-0.3, -0.25) is 4.79 Å². The van der Waals surface area contributed by atoms with Gasteiger partial charge < -0.3 is 14.8 Å². The Morgan fingerprint density at radius 1 is 1.26 bits per heavy atom. The number of benzene rings is 1. The van der Waals surface area contributed by atoms with Crippen LogP contribution in [0.4, 0.5) is 10.5 Å². The number of urea groups is 1. The molecule has 0 aliphatic carbocycles. The van der Waals surface area contributed by atoms with Crippen LogP contribution >= 0.6 is 0 Å². The molecule has 0 bridgehead atoms. The quantitative estimate of drug-likeness (QED) is 0.839. The molecule has 1 N–H and O–H groups in total. The number of hydrogen-bond donors (Lipinski definition) is 1. The molecule has 1 saturated heterocycles. The van der Waals surface area contributed by atoms with Gasteiger partial charge in [0, 0.05) is 11.6 Å². The summed E-state index contributed by atoms with van der Waals surface area (Å²) in [5.74, 6) is 1.94. The Labute approximate surface area is 157 Å². The summed E-state index contributed by atoms with van der Waals surface area (Å²) in [5.41, 5.74) is 0.513. The highest BCUT2D eigenvalue weighted by Gasteiger charge is 2.45. The van der Waals surface area contributed by atoms with E-state index in [4.69, 9.17) is 9.47 Å². The van der Waals surface area contributed by atoms with E-state index in [0.29, 0.717) is 29.8 Å². The highest BCUT2D eigenvalue weighted by molar-refractivity contribution is 6.22. The monoisotopic (exact) mass is 367 g/mol. The van der Waals surface area contributed by atoms with Gasteiger partial charge >= 0.3 is 6.03 Å². The smallest absolute Gasteiger partial charge is 0.329 e. The number of amides is 3. The summed E-state index contributed by atoms with van der Waals surface area (Å²) in [6, 6.07) is 8.55. The van der Waals surface area contributed by atoms with E-state index < -0.39 is 11.6 Å². The van der Waals surface area contributed by atoms with E-state index in [1.54, 1.807) is 26.0 Å². The molecule has 2 aliphatic rings. The summed E-state index contributed by atoms with van der Waals surface area (Å²) in [5, 5.41) is 2.65. The maximum atomic E-state index is 12.4. The number of hydrogen-bond acceptors (Lipinski definition) is 5. The second-order valence-corrected chi connectivity index (χ2v) is 7.36. The second kappa shape index (κ2) is 6.26. The lowest BCUT2D eigenvalue weighted by atomic mass is 9.94. The van der Waals surface area contributed by atoms with Crippen molar-refractivity contribution in [2.24, 2.45) is 0 Å². The van der Waals surface area contributed by atoms with Crippen LogP contribution in [0.2, 0.25) is 0 Å². The van der Waals surface area contributed by atoms with E-state index in [-0.39, 0.29) is 5.91 Å². The van der Waals surface area contributed by atoms with Crippen LogP contribution in [0.25, 0.3) is 0 Å². The highest BCUT2D eigenvalue weighted by atomic mass is 16.5. The fourth-order valence-corrected chi connectivity index (χ4v) is 3.38. The maximum Gasteiger partial charge on any atom is 0.329 e. The molecule has 2 aliphatic heterocycles. The van der Waals surface area contributed by atoms with Crippen molar-refractivity contribution in [1.29, 1.82) is 0 Å². The van der Waals surface area contributed by atoms with E-state index in [0.717, 1.165) is 22.6 Å². The van der Waals surface area contributed by atoms with Crippen LogP contribution < -0.4 is 19.7 Å². The number of rotatable bonds is 3. The predicted octanol–water partition coefficient (Wildman–Crippen LogP) is 3.59. The Morgan fingerprint density at radius 3 is 2.74 bits per heavy atom. The van der Waals surface area contributed by atoms with Crippen LogP contribution in [0.3, 0.4) is 0 Å². The molecular weight excluding hydrogens is 346 g/mol. The van der Waals surface area contributed by atoms with Crippen LogP contribution in [-0.2, 0) is 4.79 Å². The molecule has 0 radical (unpaired) electrons. The molecule has 7 heteroatoms. The van der Waals surface area contributed by atoms with Crippen LogP contribution in [-0.4, -0.2) is 29.1 Å². The molecule has 1 fully saturated rings. The van der Waals surface area contributed by atoms with Crippen LogP contribution in [0.15, 0.2) is 36.5 Å². The van der Waals surface area contributed by atoms with Crippen molar-refractivity contribution < 1.29 is 19.1 Å². The van der Waals surface area contributed by atoms with Gasteiger partial charge in [0.25, 0.3) is 5.91 Å². The minimum absolute atomic E-state index is 0.314. The predicted molar refractivity (Wildman–Crippen MR) is 99.4 cm³/mol. The van der Waals surface area contributed by atoms with Gasteiger partial charge in [-0.15, -0.1) is 0 Å². The van der Waals surface area contributed by atoms with E-state index >= 15 is 0 Å². The molecule has 0 saturated carbocycles. The van der Waals surface area contributed by atoms with Gasteiger partial charge in [-0.05, 0) is 44.4 Å². The number of nitrogens with zero attached hydrogens (tertiary/aromatic N) is 2. The summed E-state index contributed by atoms with van der Waals surface area (Å²) < 4.78 is 11.7. The number of pyridine rings is 1. The van der Waals surface area contributed by atoms with E-state index in [1.165, 1.54) is 6.20 Å². The first-order chi connectivity index (χ1) is 12.9. The Hall–Kier alpha value is -3.09. The number of carbonyl (C=O) groups is 2. The van der Waals surface area contributed by atoms with Gasteiger partial charge in [0.05, 0.1) is 18.5 Å². The van der Waals surface area contributed by atoms with Crippen molar-refractivity contribution in [2.75, 3.05) is 11.5 Å². The standard InChI is InChI=1S/C20H21N3O4/c1-12-9-10-26-14-5-4-6-15(17(12)14)27-16-8-7-13(11-21-16)23-18(24)20(2,3)22-19(23)25/h4-8,11-12H,9-10H2,1-3H3,(H,22,25). The zero-order chi connectivity index (χ0) is 19.2. The molecule has 7 nitrogen and oxygen atoms in total. The Bertz CT molecular complexity index is 908. The van der Waals surface area contributed by atoms with Crippen molar-refractivity contribution in [1.82, 2.24) is 10.3 Å². The summed E-state index contributed by atoms with van der Waals surface area (Å²) in [6.07, 6.45) is 2.39. The highest BCUT2D eigenvalue weighted by Crippen LogP contribution is 2.41. The molecule has 140 valence electrons. The van der Waals surface area contributed by atoms with Gasteiger partial charge in [0.1, 0.15) is 17.0 Å². The van der Waals surface area contributed by atoms with Crippen LogP contribution in [0.1, 0.15) is 38.7 Å². The van der Waals surface area contributed by atoms with Gasteiger partial charge in [0.15, 0.2) is 0 Å². The third-order valence-electron chi connectivity index (χ3n) is 4.88. The Morgan fingerprint density at radius 2 is 2.07 bits per heavy atom. The lowest BCUT2D eigenvalue weighted by Gasteiger charge is -2.25. The average Bonchev–Trinajstić information content (AvgIpc) is 2.83.